The number of nitrogens with zero attached hydrogens (tertiary/aromatic N) is 1. The van der Waals surface area contributed by atoms with Gasteiger partial charge >= 0.3 is 0 Å². The third-order valence-corrected chi connectivity index (χ3v) is 4.17. The Hall–Kier alpha value is -2.97. The molecule has 0 spiro atoms. The first kappa shape index (κ1) is 18.8. The number of aliphatic hydroxyl groups excluding tert-OH is 2. The molecule has 0 bridgehead atoms. The van der Waals surface area contributed by atoms with E-state index in [0.29, 0.717) is 5.56 Å². The van der Waals surface area contributed by atoms with Gasteiger partial charge in [-0.05, 0) is 29.8 Å². The van der Waals surface area contributed by atoms with Crippen molar-refractivity contribution in [1.29, 1.82) is 0 Å². The molecule has 8 heteroatoms. The molecule has 2 heterocycles. The highest BCUT2D eigenvalue weighted by molar-refractivity contribution is 6.14. The van der Waals surface area contributed by atoms with Crippen LogP contribution in [0, 0.1) is 5.82 Å². The van der Waals surface area contributed by atoms with E-state index in [1.165, 1.54) is 41.5 Å². The molecular formula is C19H18FNO6. The molecule has 0 saturated heterocycles. The summed E-state index contributed by atoms with van der Waals surface area (Å²) in [5, 5.41) is 19.1. The summed E-state index contributed by atoms with van der Waals surface area (Å²) in [7, 11) is 0. The quantitative estimate of drug-likeness (QED) is 0.541. The van der Waals surface area contributed by atoms with Crippen molar-refractivity contribution in [3.8, 4) is 0 Å². The zero-order valence-electron chi connectivity index (χ0n) is 14.3. The smallest absolute Gasteiger partial charge is 0.290 e. The maximum absolute atomic E-state index is 13.8. The molecule has 1 aromatic carbocycles. The monoisotopic (exact) mass is 375 g/mol. The molecule has 1 aromatic heterocycles. The van der Waals surface area contributed by atoms with Gasteiger partial charge in [0.05, 0.1) is 37.7 Å². The molecule has 0 fully saturated rings. The van der Waals surface area contributed by atoms with Gasteiger partial charge in [0.1, 0.15) is 5.82 Å². The lowest BCUT2D eigenvalue weighted by Gasteiger charge is -2.26. The second kappa shape index (κ2) is 8.15. The molecule has 0 unspecified atom stereocenters. The Balaban J connectivity index is 1.98. The average molecular weight is 375 g/mol. The van der Waals surface area contributed by atoms with Crippen LogP contribution in [0.4, 0.5) is 4.39 Å². The number of carbonyl (C=O) groups excluding carboxylic acids is 2. The van der Waals surface area contributed by atoms with E-state index in [2.05, 4.69) is 0 Å². The van der Waals surface area contributed by atoms with E-state index in [1.54, 1.807) is 6.07 Å². The summed E-state index contributed by atoms with van der Waals surface area (Å²) < 4.78 is 24.0. The fraction of sp³-hybridized carbons (Fsp3) is 0.263. The van der Waals surface area contributed by atoms with E-state index in [4.69, 9.17) is 14.3 Å². The molecule has 1 aliphatic rings. The average Bonchev–Trinajstić information content (AvgIpc) is 3.27. The summed E-state index contributed by atoms with van der Waals surface area (Å²) >= 11 is 0. The third-order valence-electron chi connectivity index (χ3n) is 4.17. The standard InChI is InChI=1S/C19H18FNO6/c20-13-4-1-3-12(11-13)16-15(17(23)14-5-2-8-27-14)18(24)19(25)21(16)6-9-26-10-7-22/h1-5,8,11,16,22,24H,6-7,9-10H2/t16-/m0/s1. The van der Waals surface area contributed by atoms with Crippen molar-refractivity contribution in [2.75, 3.05) is 26.4 Å². The molecule has 7 nitrogen and oxygen atoms in total. The maximum atomic E-state index is 13.8. The number of ether oxygens (including phenoxy) is 1. The van der Waals surface area contributed by atoms with Crippen LogP contribution in [0.3, 0.4) is 0 Å². The van der Waals surface area contributed by atoms with Gasteiger partial charge in [-0.25, -0.2) is 4.39 Å². The molecule has 1 amide bonds. The van der Waals surface area contributed by atoms with E-state index >= 15 is 0 Å². The minimum atomic E-state index is -0.983. The number of halogens is 1. The van der Waals surface area contributed by atoms with Gasteiger partial charge in [-0.1, -0.05) is 12.1 Å². The molecule has 27 heavy (non-hydrogen) atoms. The number of aliphatic hydroxyl groups is 2. The minimum absolute atomic E-state index is 0.0378. The van der Waals surface area contributed by atoms with Gasteiger partial charge in [-0.3, -0.25) is 9.59 Å². The minimum Gasteiger partial charge on any atom is -0.503 e. The largest absolute Gasteiger partial charge is 0.503 e. The SMILES string of the molecule is O=C(C1=C(O)C(=O)N(CCOCCO)[C@H]1c1cccc(F)c1)c1ccco1. The Morgan fingerprint density at radius 2 is 2.07 bits per heavy atom. The number of Topliss-reactive ketones (excluding diaryl/α,β-unsaturated/α-hetero) is 1. The van der Waals surface area contributed by atoms with Gasteiger partial charge in [-0.2, -0.15) is 0 Å². The fourth-order valence-corrected chi connectivity index (χ4v) is 3.01. The Kier molecular flexibility index (Phi) is 5.68. The Bertz CT molecular complexity index is 861. The Morgan fingerprint density at radius 1 is 1.26 bits per heavy atom. The van der Waals surface area contributed by atoms with Crippen molar-refractivity contribution >= 4 is 11.7 Å². The summed E-state index contributed by atoms with van der Waals surface area (Å²) in [5.74, 6) is -2.68. The lowest BCUT2D eigenvalue weighted by molar-refractivity contribution is -0.130. The second-order valence-electron chi connectivity index (χ2n) is 5.86. The summed E-state index contributed by atoms with van der Waals surface area (Å²) in [4.78, 5) is 26.6. The third kappa shape index (κ3) is 3.76. The first-order valence-corrected chi connectivity index (χ1v) is 8.31. The van der Waals surface area contributed by atoms with Gasteiger partial charge in [0.25, 0.3) is 5.91 Å². The Labute approximate surface area is 154 Å². The van der Waals surface area contributed by atoms with E-state index in [1.807, 2.05) is 0 Å². The molecule has 3 rings (SSSR count). The van der Waals surface area contributed by atoms with Crippen molar-refractivity contribution in [3.63, 3.8) is 0 Å². The van der Waals surface area contributed by atoms with E-state index in [0.717, 1.165) is 0 Å². The molecule has 2 aromatic rings. The van der Waals surface area contributed by atoms with E-state index < -0.39 is 29.3 Å². The number of furan rings is 1. The molecule has 2 N–H and O–H groups in total. The highest BCUT2D eigenvalue weighted by atomic mass is 19.1. The molecule has 1 atom stereocenters. The van der Waals surface area contributed by atoms with Gasteiger partial charge < -0.3 is 24.3 Å². The molecule has 142 valence electrons. The number of hydrogen-bond acceptors (Lipinski definition) is 6. The van der Waals surface area contributed by atoms with E-state index in [-0.39, 0.29) is 37.7 Å². The predicted molar refractivity (Wildman–Crippen MR) is 91.5 cm³/mol. The van der Waals surface area contributed by atoms with Gasteiger partial charge in [-0.15, -0.1) is 0 Å². The summed E-state index contributed by atoms with van der Waals surface area (Å²) in [5.41, 5.74) is 0.159. The molecule has 1 aliphatic heterocycles. The zero-order valence-corrected chi connectivity index (χ0v) is 14.3. The van der Waals surface area contributed by atoms with Gasteiger partial charge in [0, 0.05) is 6.54 Å². The van der Waals surface area contributed by atoms with E-state index in [9.17, 15) is 19.1 Å². The van der Waals surface area contributed by atoms with Gasteiger partial charge in [0.2, 0.25) is 5.78 Å². The number of rotatable bonds is 8. The highest BCUT2D eigenvalue weighted by Crippen LogP contribution is 2.38. The molecular weight excluding hydrogens is 357 g/mol. The molecule has 0 radical (unpaired) electrons. The first-order chi connectivity index (χ1) is 13.0. The molecule has 0 saturated carbocycles. The van der Waals surface area contributed by atoms with Crippen LogP contribution in [-0.4, -0.2) is 53.2 Å². The van der Waals surface area contributed by atoms with Crippen molar-refractivity contribution < 1.29 is 33.3 Å². The van der Waals surface area contributed by atoms with Crippen LogP contribution in [0.2, 0.25) is 0 Å². The van der Waals surface area contributed by atoms with Crippen LogP contribution in [0.5, 0.6) is 0 Å². The number of benzene rings is 1. The van der Waals surface area contributed by atoms with Crippen molar-refractivity contribution in [3.05, 3.63) is 71.1 Å². The van der Waals surface area contributed by atoms with Gasteiger partial charge in [0.15, 0.2) is 11.5 Å². The topological polar surface area (TPSA) is 100 Å². The fourth-order valence-electron chi connectivity index (χ4n) is 3.01. The van der Waals surface area contributed by atoms with Crippen LogP contribution in [0.15, 0.2) is 58.4 Å². The lowest BCUT2D eigenvalue weighted by atomic mass is 9.95. The summed E-state index contributed by atoms with van der Waals surface area (Å²) in [6.07, 6.45) is 1.30. The highest BCUT2D eigenvalue weighted by Gasteiger charge is 2.44. The normalized spacial score (nSPS) is 17.0. The lowest BCUT2D eigenvalue weighted by Crippen LogP contribution is -2.34. The van der Waals surface area contributed by atoms with Crippen LogP contribution in [0.25, 0.3) is 0 Å². The predicted octanol–water partition coefficient (Wildman–Crippen LogP) is 2.01. The number of hydrogen-bond donors (Lipinski definition) is 2. The number of amides is 1. The molecule has 0 aliphatic carbocycles. The van der Waals surface area contributed by atoms with Crippen molar-refractivity contribution in [2.45, 2.75) is 6.04 Å². The number of carbonyl (C=O) groups is 2. The summed E-state index contributed by atoms with van der Waals surface area (Å²) in [6, 6.07) is 7.42. The zero-order chi connectivity index (χ0) is 19.4. The first-order valence-electron chi connectivity index (χ1n) is 8.31. The number of ketones is 1. The Morgan fingerprint density at radius 3 is 2.74 bits per heavy atom. The van der Waals surface area contributed by atoms with Crippen LogP contribution in [0.1, 0.15) is 22.2 Å². The van der Waals surface area contributed by atoms with Crippen molar-refractivity contribution in [2.24, 2.45) is 0 Å². The van der Waals surface area contributed by atoms with Crippen LogP contribution < -0.4 is 0 Å². The van der Waals surface area contributed by atoms with Crippen LogP contribution in [-0.2, 0) is 9.53 Å². The second-order valence-corrected chi connectivity index (χ2v) is 5.86. The summed E-state index contributed by atoms with van der Waals surface area (Å²) in [6.45, 7) is 0.0316. The van der Waals surface area contributed by atoms with Crippen LogP contribution >= 0.6 is 0 Å². The van der Waals surface area contributed by atoms with Crippen molar-refractivity contribution in [1.82, 2.24) is 4.90 Å². The maximum Gasteiger partial charge on any atom is 0.290 e.